The third kappa shape index (κ3) is 3.58. The quantitative estimate of drug-likeness (QED) is 0.865. The molecular formula is C18H29NO2. The zero-order valence-electron chi connectivity index (χ0n) is 13.9. The lowest BCUT2D eigenvalue weighted by atomic mass is 9.80. The molecule has 1 saturated heterocycles. The van der Waals surface area contributed by atoms with Gasteiger partial charge >= 0.3 is 0 Å². The van der Waals surface area contributed by atoms with Crippen molar-refractivity contribution in [3.05, 3.63) is 29.8 Å². The van der Waals surface area contributed by atoms with E-state index in [4.69, 9.17) is 9.47 Å². The molecule has 5 atom stereocenters. The van der Waals surface area contributed by atoms with Gasteiger partial charge in [0.25, 0.3) is 0 Å². The number of rotatable bonds is 6. The summed E-state index contributed by atoms with van der Waals surface area (Å²) < 4.78 is 11.7. The third-order valence-corrected chi connectivity index (χ3v) is 4.66. The van der Waals surface area contributed by atoms with Crippen LogP contribution in [0.15, 0.2) is 24.3 Å². The molecule has 1 aromatic rings. The molecule has 5 unspecified atom stereocenters. The predicted molar refractivity (Wildman–Crippen MR) is 86.7 cm³/mol. The Hall–Kier alpha value is -1.06. The number of hydrogen-bond acceptors (Lipinski definition) is 3. The van der Waals surface area contributed by atoms with E-state index >= 15 is 0 Å². The van der Waals surface area contributed by atoms with Crippen molar-refractivity contribution in [3.8, 4) is 5.75 Å². The monoisotopic (exact) mass is 291 g/mol. The molecule has 1 aromatic carbocycles. The van der Waals surface area contributed by atoms with Gasteiger partial charge in [-0.3, -0.25) is 0 Å². The molecule has 118 valence electrons. The first kappa shape index (κ1) is 16.3. The van der Waals surface area contributed by atoms with E-state index in [1.807, 2.05) is 13.0 Å². The van der Waals surface area contributed by atoms with Crippen molar-refractivity contribution in [2.45, 2.75) is 52.9 Å². The fourth-order valence-corrected chi connectivity index (χ4v) is 3.53. The van der Waals surface area contributed by atoms with Crippen molar-refractivity contribution in [1.29, 1.82) is 0 Å². The second-order valence-corrected chi connectivity index (χ2v) is 6.02. The van der Waals surface area contributed by atoms with Crippen LogP contribution in [0.3, 0.4) is 0 Å². The molecule has 2 rings (SSSR count). The zero-order chi connectivity index (χ0) is 15.4. The van der Waals surface area contributed by atoms with E-state index in [0.29, 0.717) is 30.6 Å². The van der Waals surface area contributed by atoms with E-state index in [1.54, 1.807) is 0 Å². The lowest BCUT2D eigenvalue weighted by Crippen LogP contribution is -2.35. The van der Waals surface area contributed by atoms with Crippen molar-refractivity contribution in [1.82, 2.24) is 5.32 Å². The molecule has 3 nitrogen and oxygen atoms in total. The molecule has 0 bridgehead atoms. The Morgan fingerprint density at radius 2 is 1.95 bits per heavy atom. The lowest BCUT2D eigenvalue weighted by Gasteiger charge is -2.30. The SMILES string of the molecule is CCNC(c1cccc(OCC)c1)C1C(C)OC(C)C1C. The van der Waals surface area contributed by atoms with E-state index in [-0.39, 0.29) is 6.10 Å². The van der Waals surface area contributed by atoms with Crippen molar-refractivity contribution in [2.75, 3.05) is 13.2 Å². The largest absolute Gasteiger partial charge is 0.494 e. The van der Waals surface area contributed by atoms with Crippen LogP contribution in [0.4, 0.5) is 0 Å². The molecule has 0 aromatic heterocycles. The molecular weight excluding hydrogens is 262 g/mol. The standard InChI is InChI=1S/C18H29NO2/c1-6-19-18(17-12(3)13(4)21-14(17)5)15-9-8-10-16(11-15)20-7-2/h8-14,17-19H,6-7H2,1-5H3. The van der Waals surface area contributed by atoms with Crippen LogP contribution in [0, 0.1) is 11.8 Å². The van der Waals surface area contributed by atoms with Crippen molar-refractivity contribution < 1.29 is 9.47 Å². The summed E-state index contributed by atoms with van der Waals surface area (Å²) in [7, 11) is 0. The summed E-state index contributed by atoms with van der Waals surface area (Å²) in [4.78, 5) is 0. The molecule has 0 amide bonds. The summed E-state index contributed by atoms with van der Waals surface area (Å²) in [6, 6.07) is 8.78. The van der Waals surface area contributed by atoms with Crippen molar-refractivity contribution in [3.63, 3.8) is 0 Å². The predicted octanol–water partition coefficient (Wildman–Crippen LogP) is 3.80. The van der Waals surface area contributed by atoms with Gasteiger partial charge < -0.3 is 14.8 Å². The fraction of sp³-hybridized carbons (Fsp3) is 0.667. The number of nitrogens with one attached hydrogen (secondary N) is 1. The highest BCUT2D eigenvalue weighted by atomic mass is 16.5. The summed E-state index contributed by atoms with van der Waals surface area (Å²) in [5.41, 5.74) is 1.30. The molecule has 1 aliphatic rings. The molecule has 0 radical (unpaired) electrons. The number of benzene rings is 1. The van der Waals surface area contributed by atoms with E-state index in [2.05, 4.69) is 51.2 Å². The number of hydrogen-bond donors (Lipinski definition) is 1. The van der Waals surface area contributed by atoms with Gasteiger partial charge in [0.15, 0.2) is 0 Å². The molecule has 3 heteroatoms. The van der Waals surface area contributed by atoms with Gasteiger partial charge in [0.05, 0.1) is 18.8 Å². The van der Waals surface area contributed by atoms with Crippen LogP contribution in [0.5, 0.6) is 5.75 Å². The highest BCUT2D eigenvalue weighted by molar-refractivity contribution is 5.31. The fourth-order valence-electron chi connectivity index (χ4n) is 3.53. The van der Waals surface area contributed by atoms with Gasteiger partial charge in [-0.2, -0.15) is 0 Å². The van der Waals surface area contributed by atoms with Gasteiger partial charge in [0, 0.05) is 12.0 Å². The lowest BCUT2D eigenvalue weighted by molar-refractivity contribution is 0.0475. The maximum Gasteiger partial charge on any atom is 0.119 e. The van der Waals surface area contributed by atoms with Crippen molar-refractivity contribution in [2.24, 2.45) is 11.8 Å². The summed E-state index contributed by atoms with van der Waals surface area (Å²) >= 11 is 0. The molecule has 1 N–H and O–H groups in total. The summed E-state index contributed by atoms with van der Waals surface area (Å²) in [5, 5.41) is 3.66. The van der Waals surface area contributed by atoms with E-state index < -0.39 is 0 Å². The van der Waals surface area contributed by atoms with Gasteiger partial charge in [-0.1, -0.05) is 26.0 Å². The topological polar surface area (TPSA) is 30.5 Å². The van der Waals surface area contributed by atoms with Gasteiger partial charge in [-0.25, -0.2) is 0 Å². The van der Waals surface area contributed by atoms with Gasteiger partial charge in [-0.05, 0) is 50.9 Å². The molecule has 21 heavy (non-hydrogen) atoms. The number of ether oxygens (including phenoxy) is 2. The van der Waals surface area contributed by atoms with Crippen molar-refractivity contribution >= 4 is 0 Å². The third-order valence-electron chi connectivity index (χ3n) is 4.66. The minimum atomic E-state index is 0.273. The van der Waals surface area contributed by atoms with Crippen LogP contribution in [0.2, 0.25) is 0 Å². The average Bonchev–Trinajstić information content (AvgIpc) is 2.71. The Kier molecular flexibility index (Phi) is 5.65. The Labute approximate surface area is 129 Å². The summed E-state index contributed by atoms with van der Waals surface area (Å²) in [6.45, 7) is 12.5. The van der Waals surface area contributed by atoms with Crippen LogP contribution in [0.25, 0.3) is 0 Å². The second-order valence-electron chi connectivity index (χ2n) is 6.02. The van der Waals surface area contributed by atoms with Crippen LogP contribution < -0.4 is 10.1 Å². The summed E-state index contributed by atoms with van der Waals surface area (Å²) in [6.07, 6.45) is 0.594. The Balaban J connectivity index is 2.28. The average molecular weight is 291 g/mol. The maximum atomic E-state index is 6.04. The van der Waals surface area contributed by atoms with E-state index in [0.717, 1.165) is 12.3 Å². The summed E-state index contributed by atoms with van der Waals surface area (Å²) in [5.74, 6) is 1.97. The molecule has 1 aliphatic heterocycles. The molecule has 1 fully saturated rings. The maximum absolute atomic E-state index is 6.04. The van der Waals surface area contributed by atoms with Crippen LogP contribution in [0.1, 0.15) is 46.2 Å². The first-order chi connectivity index (χ1) is 10.1. The smallest absolute Gasteiger partial charge is 0.119 e. The Bertz CT molecular complexity index is 449. The van der Waals surface area contributed by atoms with Crippen LogP contribution >= 0.6 is 0 Å². The molecule has 0 spiro atoms. The van der Waals surface area contributed by atoms with E-state index in [9.17, 15) is 0 Å². The van der Waals surface area contributed by atoms with Crippen LogP contribution in [-0.2, 0) is 4.74 Å². The minimum absolute atomic E-state index is 0.273. The first-order valence-corrected chi connectivity index (χ1v) is 8.20. The Morgan fingerprint density at radius 3 is 2.52 bits per heavy atom. The molecule has 1 heterocycles. The minimum Gasteiger partial charge on any atom is -0.494 e. The first-order valence-electron chi connectivity index (χ1n) is 8.20. The van der Waals surface area contributed by atoms with Gasteiger partial charge in [0.1, 0.15) is 5.75 Å². The normalized spacial score (nSPS) is 30.3. The van der Waals surface area contributed by atoms with Gasteiger partial charge in [-0.15, -0.1) is 0 Å². The van der Waals surface area contributed by atoms with Crippen LogP contribution in [-0.4, -0.2) is 25.4 Å². The highest BCUT2D eigenvalue weighted by Crippen LogP contribution is 2.41. The Morgan fingerprint density at radius 1 is 1.19 bits per heavy atom. The molecule has 0 saturated carbocycles. The highest BCUT2D eigenvalue weighted by Gasteiger charge is 2.41. The van der Waals surface area contributed by atoms with Gasteiger partial charge in [0.2, 0.25) is 0 Å². The van der Waals surface area contributed by atoms with E-state index in [1.165, 1.54) is 5.56 Å². The molecule has 0 aliphatic carbocycles. The second kappa shape index (κ2) is 7.28. The zero-order valence-corrected chi connectivity index (χ0v) is 13.9.